The number of anilines is 2. The first kappa shape index (κ1) is 18.7. The van der Waals surface area contributed by atoms with Crippen LogP contribution in [0.5, 0.6) is 5.75 Å². The minimum absolute atomic E-state index is 0. The zero-order valence-electron chi connectivity index (χ0n) is 12.8. The number of benzene rings is 1. The van der Waals surface area contributed by atoms with Crippen LogP contribution in [0.1, 0.15) is 16.8 Å². The van der Waals surface area contributed by atoms with E-state index in [1.807, 2.05) is 6.07 Å². The number of carbonyl (C=O) groups is 1. The topological polar surface area (TPSA) is 86.5 Å². The Bertz CT molecular complexity index is 620. The molecular weight excluding hydrogens is 318 g/mol. The summed E-state index contributed by atoms with van der Waals surface area (Å²) in [5, 5.41) is 2.76. The van der Waals surface area contributed by atoms with Crippen molar-refractivity contribution < 1.29 is 14.3 Å². The summed E-state index contributed by atoms with van der Waals surface area (Å²) >= 11 is 0. The minimum Gasteiger partial charge on any atom is -0.493 e. The van der Waals surface area contributed by atoms with Crippen molar-refractivity contribution in [3.63, 3.8) is 0 Å². The lowest BCUT2D eigenvalue weighted by Crippen LogP contribution is -2.12. The number of hydrogen-bond acceptors (Lipinski definition) is 5. The number of rotatable bonds is 7. The van der Waals surface area contributed by atoms with Gasteiger partial charge in [0.2, 0.25) is 0 Å². The van der Waals surface area contributed by atoms with E-state index in [9.17, 15) is 4.79 Å². The summed E-state index contributed by atoms with van der Waals surface area (Å²) < 4.78 is 10.5. The molecule has 7 heteroatoms. The summed E-state index contributed by atoms with van der Waals surface area (Å²) in [4.78, 5) is 16.1. The SMILES string of the molecule is COCCCOc1cccc(C(=O)Nc2ccc(N)nc2)c1.Cl. The first-order chi connectivity index (χ1) is 10.7. The lowest BCUT2D eigenvalue weighted by atomic mass is 10.2. The van der Waals surface area contributed by atoms with Crippen molar-refractivity contribution >= 4 is 29.8 Å². The van der Waals surface area contributed by atoms with Crippen molar-refractivity contribution in [2.24, 2.45) is 0 Å². The molecule has 23 heavy (non-hydrogen) atoms. The van der Waals surface area contributed by atoms with Crippen LogP contribution in [0.15, 0.2) is 42.6 Å². The number of aromatic nitrogens is 1. The van der Waals surface area contributed by atoms with Gasteiger partial charge >= 0.3 is 0 Å². The van der Waals surface area contributed by atoms with E-state index in [4.69, 9.17) is 15.2 Å². The number of nitrogens with two attached hydrogens (primary N) is 1. The first-order valence-corrected chi connectivity index (χ1v) is 6.94. The van der Waals surface area contributed by atoms with Crippen LogP contribution in [0.4, 0.5) is 11.5 Å². The molecule has 0 aliphatic carbocycles. The second kappa shape index (κ2) is 9.66. The molecule has 1 heterocycles. The number of hydrogen-bond donors (Lipinski definition) is 2. The number of methoxy groups -OCH3 is 1. The molecule has 0 spiro atoms. The van der Waals surface area contributed by atoms with Crippen molar-refractivity contribution in [2.45, 2.75) is 6.42 Å². The van der Waals surface area contributed by atoms with Crippen molar-refractivity contribution in [3.05, 3.63) is 48.2 Å². The van der Waals surface area contributed by atoms with Gasteiger partial charge in [0.15, 0.2) is 0 Å². The largest absolute Gasteiger partial charge is 0.493 e. The third kappa shape index (κ3) is 6.14. The fraction of sp³-hybridized carbons (Fsp3) is 0.250. The van der Waals surface area contributed by atoms with Gasteiger partial charge in [-0.25, -0.2) is 4.98 Å². The molecule has 0 bridgehead atoms. The highest BCUT2D eigenvalue weighted by molar-refractivity contribution is 6.04. The van der Waals surface area contributed by atoms with Crippen LogP contribution >= 0.6 is 12.4 Å². The van der Waals surface area contributed by atoms with Crippen molar-refractivity contribution in [3.8, 4) is 5.75 Å². The minimum atomic E-state index is -0.228. The average molecular weight is 338 g/mol. The maximum atomic E-state index is 12.2. The fourth-order valence-electron chi connectivity index (χ4n) is 1.80. The van der Waals surface area contributed by atoms with Gasteiger partial charge in [-0.05, 0) is 30.3 Å². The van der Waals surface area contributed by atoms with Crippen molar-refractivity contribution in [2.75, 3.05) is 31.4 Å². The Morgan fingerprint density at radius 3 is 2.78 bits per heavy atom. The molecule has 0 radical (unpaired) electrons. The van der Waals surface area contributed by atoms with Crippen LogP contribution in [-0.4, -0.2) is 31.2 Å². The van der Waals surface area contributed by atoms with Gasteiger partial charge in [-0.1, -0.05) is 6.07 Å². The summed E-state index contributed by atoms with van der Waals surface area (Å²) in [5.74, 6) is 0.831. The highest BCUT2D eigenvalue weighted by atomic mass is 35.5. The first-order valence-electron chi connectivity index (χ1n) is 6.94. The van der Waals surface area contributed by atoms with Gasteiger partial charge < -0.3 is 20.5 Å². The second-order valence-corrected chi connectivity index (χ2v) is 4.65. The van der Waals surface area contributed by atoms with E-state index in [1.165, 1.54) is 6.20 Å². The molecule has 0 aliphatic rings. The average Bonchev–Trinajstić information content (AvgIpc) is 2.54. The maximum Gasteiger partial charge on any atom is 0.255 e. The Labute approximate surface area is 141 Å². The molecule has 0 atom stereocenters. The van der Waals surface area contributed by atoms with Gasteiger partial charge in [0.1, 0.15) is 11.6 Å². The number of carbonyl (C=O) groups excluding carboxylic acids is 1. The second-order valence-electron chi connectivity index (χ2n) is 4.65. The van der Waals surface area contributed by atoms with Crippen LogP contribution in [0, 0.1) is 0 Å². The van der Waals surface area contributed by atoms with E-state index in [0.717, 1.165) is 6.42 Å². The molecule has 2 rings (SSSR count). The van der Waals surface area contributed by atoms with E-state index >= 15 is 0 Å². The van der Waals surface area contributed by atoms with E-state index in [-0.39, 0.29) is 18.3 Å². The van der Waals surface area contributed by atoms with Gasteiger partial charge in [0.25, 0.3) is 5.91 Å². The Morgan fingerprint density at radius 1 is 1.26 bits per heavy atom. The third-order valence-electron chi connectivity index (χ3n) is 2.90. The summed E-state index contributed by atoms with van der Waals surface area (Å²) in [5.41, 5.74) is 6.61. The highest BCUT2D eigenvalue weighted by Crippen LogP contribution is 2.15. The van der Waals surface area contributed by atoms with Crippen molar-refractivity contribution in [1.29, 1.82) is 0 Å². The summed E-state index contributed by atoms with van der Waals surface area (Å²) in [6.07, 6.45) is 2.31. The zero-order chi connectivity index (χ0) is 15.8. The van der Waals surface area contributed by atoms with E-state index in [1.54, 1.807) is 37.4 Å². The van der Waals surface area contributed by atoms with Gasteiger partial charge in [-0.2, -0.15) is 0 Å². The van der Waals surface area contributed by atoms with Crippen LogP contribution in [0.3, 0.4) is 0 Å². The molecule has 0 aliphatic heterocycles. The van der Waals surface area contributed by atoms with Gasteiger partial charge in [-0.3, -0.25) is 4.79 Å². The molecule has 0 saturated heterocycles. The van der Waals surface area contributed by atoms with E-state index in [0.29, 0.717) is 36.0 Å². The summed E-state index contributed by atoms with van der Waals surface area (Å²) in [6.45, 7) is 1.19. The summed E-state index contributed by atoms with van der Waals surface area (Å²) in [7, 11) is 1.65. The van der Waals surface area contributed by atoms with Crippen LogP contribution in [0.25, 0.3) is 0 Å². The molecule has 1 amide bonds. The number of amides is 1. The molecule has 1 aromatic carbocycles. The Morgan fingerprint density at radius 2 is 2.09 bits per heavy atom. The van der Waals surface area contributed by atoms with Crippen LogP contribution in [0.2, 0.25) is 0 Å². The fourth-order valence-corrected chi connectivity index (χ4v) is 1.80. The van der Waals surface area contributed by atoms with Crippen LogP contribution < -0.4 is 15.8 Å². The molecular formula is C16H20ClN3O3. The Hall–Kier alpha value is -2.31. The van der Waals surface area contributed by atoms with E-state index in [2.05, 4.69) is 10.3 Å². The molecule has 0 saturated carbocycles. The highest BCUT2D eigenvalue weighted by Gasteiger charge is 2.07. The number of ether oxygens (including phenoxy) is 2. The molecule has 2 aromatic rings. The lowest BCUT2D eigenvalue weighted by molar-refractivity contribution is 0.102. The molecule has 124 valence electrons. The van der Waals surface area contributed by atoms with Gasteiger partial charge in [0, 0.05) is 25.7 Å². The molecule has 1 aromatic heterocycles. The number of halogens is 1. The number of pyridine rings is 1. The normalized spacial score (nSPS) is 9.78. The predicted molar refractivity (Wildman–Crippen MR) is 92.3 cm³/mol. The lowest BCUT2D eigenvalue weighted by Gasteiger charge is -2.08. The molecule has 3 N–H and O–H groups in total. The Balaban J connectivity index is 0.00000264. The van der Waals surface area contributed by atoms with Gasteiger partial charge in [0.05, 0.1) is 18.5 Å². The molecule has 0 unspecified atom stereocenters. The number of nitrogens with zero attached hydrogens (tertiary/aromatic N) is 1. The smallest absolute Gasteiger partial charge is 0.255 e. The zero-order valence-corrected chi connectivity index (χ0v) is 13.6. The third-order valence-corrected chi connectivity index (χ3v) is 2.90. The number of nitrogen functional groups attached to an aromatic ring is 1. The standard InChI is InChI=1S/C16H19N3O3.ClH/c1-21-8-3-9-22-14-5-2-4-12(10-14)16(20)19-13-6-7-15(17)18-11-13;/h2,4-7,10-11H,3,8-9H2,1H3,(H2,17,18)(H,19,20);1H. The monoisotopic (exact) mass is 337 g/mol. The van der Waals surface area contributed by atoms with Gasteiger partial charge in [-0.15, -0.1) is 12.4 Å². The van der Waals surface area contributed by atoms with E-state index < -0.39 is 0 Å². The number of nitrogens with one attached hydrogen (secondary N) is 1. The summed E-state index contributed by atoms with van der Waals surface area (Å²) in [6, 6.07) is 10.3. The molecule has 0 fully saturated rings. The van der Waals surface area contributed by atoms with Crippen molar-refractivity contribution in [1.82, 2.24) is 4.98 Å². The quantitative estimate of drug-likeness (QED) is 0.759. The predicted octanol–water partition coefficient (Wildman–Crippen LogP) is 2.75. The van der Waals surface area contributed by atoms with Crippen LogP contribution in [-0.2, 0) is 4.74 Å². The molecule has 6 nitrogen and oxygen atoms in total. The maximum absolute atomic E-state index is 12.2. The Kier molecular flexibility index (Phi) is 7.87.